The van der Waals surface area contributed by atoms with Gasteiger partial charge in [-0.05, 0) is 12.8 Å². The van der Waals surface area contributed by atoms with Crippen LogP contribution in [0.4, 0.5) is 11.4 Å². The first-order valence-electron chi connectivity index (χ1n) is 8.41. The van der Waals surface area contributed by atoms with Gasteiger partial charge in [0.25, 0.3) is 0 Å². The lowest BCUT2D eigenvalue weighted by Gasteiger charge is -2.23. The van der Waals surface area contributed by atoms with E-state index in [9.17, 15) is 9.59 Å². The van der Waals surface area contributed by atoms with Crippen molar-refractivity contribution in [3.8, 4) is 11.5 Å². The van der Waals surface area contributed by atoms with Crippen LogP contribution < -0.4 is 20.5 Å². The van der Waals surface area contributed by atoms with E-state index in [0.29, 0.717) is 35.5 Å². The molecule has 0 spiro atoms. The van der Waals surface area contributed by atoms with Crippen molar-refractivity contribution >= 4 is 23.2 Å². The fourth-order valence-electron chi connectivity index (χ4n) is 3.78. The van der Waals surface area contributed by atoms with Gasteiger partial charge in [0.2, 0.25) is 18.6 Å². The molecular formula is C17H21N3O4. The number of anilines is 2. The molecule has 128 valence electrons. The Balaban J connectivity index is 1.44. The molecular weight excluding hydrogens is 310 g/mol. The maximum Gasteiger partial charge on any atom is 0.231 e. The molecule has 0 radical (unpaired) electrons. The summed E-state index contributed by atoms with van der Waals surface area (Å²) in [6.07, 6.45) is 4.70. The number of nitrogens with zero attached hydrogens (tertiary/aromatic N) is 1. The largest absolute Gasteiger partial charge is 0.454 e. The standard InChI is InChI=1S/C17H21N3O4/c18-12-6-14-15(24-9-23-14)7-13(12)19-17(22)10-5-16(21)20(8-10)11-3-1-2-4-11/h6-7,10-11H,1-5,8-9,18H2,(H,19,22). The van der Waals surface area contributed by atoms with Crippen LogP contribution in [-0.2, 0) is 9.59 Å². The molecule has 1 saturated heterocycles. The van der Waals surface area contributed by atoms with Crippen LogP contribution in [0.3, 0.4) is 0 Å². The van der Waals surface area contributed by atoms with Crippen LogP contribution in [0.1, 0.15) is 32.1 Å². The molecule has 2 heterocycles. The van der Waals surface area contributed by atoms with Gasteiger partial charge in [0.05, 0.1) is 17.3 Å². The molecule has 1 aliphatic carbocycles. The van der Waals surface area contributed by atoms with Crippen molar-refractivity contribution in [2.75, 3.05) is 24.4 Å². The topological polar surface area (TPSA) is 93.9 Å². The number of likely N-dealkylation sites (tertiary alicyclic amines) is 1. The predicted octanol–water partition coefficient (Wildman–Crippen LogP) is 1.73. The molecule has 1 unspecified atom stereocenters. The molecule has 2 amide bonds. The summed E-state index contributed by atoms with van der Waals surface area (Å²) in [6.45, 7) is 0.652. The molecule has 1 saturated carbocycles. The number of nitrogens with two attached hydrogens (primary N) is 1. The highest BCUT2D eigenvalue weighted by Crippen LogP contribution is 2.38. The first kappa shape index (κ1) is 15.1. The SMILES string of the molecule is Nc1cc2c(cc1NC(=O)C1CC(=O)N(C3CCCC3)C1)OCO2. The molecule has 3 aliphatic rings. The maximum absolute atomic E-state index is 12.6. The highest BCUT2D eigenvalue weighted by Gasteiger charge is 2.38. The molecule has 1 atom stereocenters. The maximum atomic E-state index is 12.6. The van der Waals surface area contributed by atoms with Crippen LogP contribution in [0.2, 0.25) is 0 Å². The average molecular weight is 331 g/mol. The molecule has 7 heteroatoms. The fourth-order valence-corrected chi connectivity index (χ4v) is 3.78. The van der Waals surface area contributed by atoms with Gasteiger partial charge >= 0.3 is 0 Å². The van der Waals surface area contributed by atoms with Gasteiger partial charge in [-0.1, -0.05) is 12.8 Å². The van der Waals surface area contributed by atoms with Crippen molar-refractivity contribution in [3.63, 3.8) is 0 Å². The van der Waals surface area contributed by atoms with Gasteiger partial charge in [0.1, 0.15) is 0 Å². The minimum Gasteiger partial charge on any atom is -0.454 e. The zero-order chi connectivity index (χ0) is 16.7. The van der Waals surface area contributed by atoms with Gasteiger partial charge in [0.15, 0.2) is 11.5 Å². The summed E-state index contributed by atoms with van der Waals surface area (Å²) in [6, 6.07) is 3.62. The van der Waals surface area contributed by atoms with Crippen LogP contribution in [0.5, 0.6) is 11.5 Å². The second-order valence-corrected chi connectivity index (χ2v) is 6.67. The number of carbonyl (C=O) groups is 2. The minimum absolute atomic E-state index is 0.0840. The zero-order valence-corrected chi connectivity index (χ0v) is 13.4. The number of rotatable bonds is 3. The van der Waals surface area contributed by atoms with Crippen molar-refractivity contribution in [1.29, 1.82) is 0 Å². The summed E-state index contributed by atoms with van der Waals surface area (Å²) in [4.78, 5) is 26.7. The lowest BCUT2D eigenvalue weighted by molar-refractivity contribution is -0.129. The first-order chi connectivity index (χ1) is 11.6. The lowest BCUT2D eigenvalue weighted by Crippen LogP contribution is -2.35. The summed E-state index contributed by atoms with van der Waals surface area (Å²) < 4.78 is 10.6. The van der Waals surface area contributed by atoms with E-state index in [4.69, 9.17) is 15.2 Å². The molecule has 4 rings (SSSR count). The van der Waals surface area contributed by atoms with Crippen molar-refractivity contribution in [2.45, 2.75) is 38.1 Å². The molecule has 1 aromatic carbocycles. The smallest absolute Gasteiger partial charge is 0.231 e. The third-order valence-corrected chi connectivity index (χ3v) is 5.10. The number of fused-ring (bicyclic) bond motifs is 1. The second-order valence-electron chi connectivity index (χ2n) is 6.67. The number of benzene rings is 1. The lowest BCUT2D eigenvalue weighted by atomic mass is 10.1. The molecule has 1 aromatic rings. The Bertz CT molecular complexity index is 685. The van der Waals surface area contributed by atoms with Gasteiger partial charge < -0.3 is 25.4 Å². The van der Waals surface area contributed by atoms with E-state index in [1.807, 2.05) is 4.90 Å². The van der Waals surface area contributed by atoms with E-state index < -0.39 is 0 Å². The fraction of sp³-hybridized carbons (Fsp3) is 0.529. The number of nitrogen functional groups attached to an aromatic ring is 1. The van der Waals surface area contributed by atoms with Crippen molar-refractivity contribution < 1.29 is 19.1 Å². The van der Waals surface area contributed by atoms with Crippen molar-refractivity contribution in [3.05, 3.63) is 12.1 Å². The summed E-state index contributed by atoms with van der Waals surface area (Å²) in [5.74, 6) is 0.724. The summed E-state index contributed by atoms with van der Waals surface area (Å²) >= 11 is 0. The Morgan fingerprint density at radius 3 is 2.67 bits per heavy atom. The quantitative estimate of drug-likeness (QED) is 0.823. The number of hydrogen-bond acceptors (Lipinski definition) is 5. The Morgan fingerprint density at radius 1 is 1.21 bits per heavy atom. The molecule has 2 aliphatic heterocycles. The van der Waals surface area contributed by atoms with Crippen LogP contribution in [-0.4, -0.2) is 36.1 Å². The van der Waals surface area contributed by atoms with E-state index in [1.165, 1.54) is 12.8 Å². The molecule has 0 aromatic heterocycles. The highest BCUT2D eigenvalue weighted by atomic mass is 16.7. The molecule has 0 bridgehead atoms. The minimum atomic E-state index is -0.331. The first-order valence-corrected chi connectivity index (χ1v) is 8.41. The molecule has 2 fully saturated rings. The number of amides is 2. The van der Waals surface area contributed by atoms with E-state index in [-0.39, 0.29) is 30.9 Å². The van der Waals surface area contributed by atoms with Gasteiger partial charge in [0, 0.05) is 31.1 Å². The summed E-state index contributed by atoms with van der Waals surface area (Å²) in [7, 11) is 0. The van der Waals surface area contributed by atoms with Crippen molar-refractivity contribution in [2.24, 2.45) is 5.92 Å². The monoisotopic (exact) mass is 331 g/mol. The zero-order valence-electron chi connectivity index (χ0n) is 13.4. The van der Waals surface area contributed by atoms with E-state index >= 15 is 0 Å². The number of nitrogens with one attached hydrogen (secondary N) is 1. The summed E-state index contributed by atoms with van der Waals surface area (Å²) in [5.41, 5.74) is 6.88. The third-order valence-electron chi connectivity index (χ3n) is 5.10. The number of carbonyl (C=O) groups excluding carboxylic acids is 2. The molecule has 7 nitrogen and oxygen atoms in total. The molecule has 3 N–H and O–H groups in total. The van der Waals surface area contributed by atoms with Crippen LogP contribution in [0, 0.1) is 5.92 Å². The van der Waals surface area contributed by atoms with Gasteiger partial charge in [-0.3, -0.25) is 9.59 Å². The number of hydrogen-bond donors (Lipinski definition) is 2. The highest BCUT2D eigenvalue weighted by molar-refractivity contribution is 5.99. The Morgan fingerprint density at radius 2 is 1.92 bits per heavy atom. The summed E-state index contributed by atoms with van der Waals surface area (Å²) in [5, 5.41) is 2.84. The Hall–Kier alpha value is -2.44. The van der Waals surface area contributed by atoms with E-state index in [0.717, 1.165) is 12.8 Å². The normalized spacial score (nSPS) is 23.1. The Kier molecular flexibility index (Phi) is 3.70. The van der Waals surface area contributed by atoms with Gasteiger partial charge in [-0.2, -0.15) is 0 Å². The second kappa shape index (κ2) is 5.89. The van der Waals surface area contributed by atoms with Gasteiger partial charge in [-0.25, -0.2) is 0 Å². The Labute approximate surface area is 140 Å². The van der Waals surface area contributed by atoms with Gasteiger partial charge in [-0.15, -0.1) is 0 Å². The van der Waals surface area contributed by atoms with E-state index in [1.54, 1.807) is 12.1 Å². The predicted molar refractivity (Wildman–Crippen MR) is 87.7 cm³/mol. The van der Waals surface area contributed by atoms with Crippen LogP contribution in [0.15, 0.2) is 12.1 Å². The van der Waals surface area contributed by atoms with Crippen LogP contribution in [0.25, 0.3) is 0 Å². The average Bonchev–Trinajstić information content (AvgIpc) is 3.27. The van der Waals surface area contributed by atoms with Crippen molar-refractivity contribution in [1.82, 2.24) is 4.90 Å². The number of ether oxygens (including phenoxy) is 2. The third kappa shape index (κ3) is 2.64. The molecule has 24 heavy (non-hydrogen) atoms. The van der Waals surface area contributed by atoms with Crippen LogP contribution >= 0.6 is 0 Å². The van der Waals surface area contributed by atoms with E-state index in [2.05, 4.69) is 5.32 Å².